The lowest BCUT2D eigenvalue weighted by Crippen LogP contribution is -2.55. The van der Waals surface area contributed by atoms with Gasteiger partial charge >= 0.3 is 0 Å². The molecule has 1 aliphatic carbocycles. The zero-order valence-electron chi connectivity index (χ0n) is 9.66. The lowest BCUT2D eigenvalue weighted by atomic mass is 9.69. The first-order valence-corrected chi connectivity index (χ1v) is 5.76. The van der Waals surface area contributed by atoms with E-state index in [-0.39, 0.29) is 12.8 Å². The first-order valence-electron chi connectivity index (χ1n) is 5.76. The summed E-state index contributed by atoms with van der Waals surface area (Å²) in [7, 11) is 0. The SMILES string of the molecule is NC1(c2cn[nH]c2-c2ccccc2)CC(F)(F)C1. The van der Waals surface area contributed by atoms with Gasteiger partial charge in [-0.3, -0.25) is 5.10 Å². The molecule has 5 heteroatoms. The van der Waals surface area contributed by atoms with Gasteiger partial charge in [-0.2, -0.15) is 5.10 Å². The lowest BCUT2D eigenvalue weighted by molar-refractivity contribution is -0.124. The van der Waals surface area contributed by atoms with Crippen molar-refractivity contribution in [2.45, 2.75) is 24.3 Å². The van der Waals surface area contributed by atoms with E-state index in [1.807, 2.05) is 30.3 Å². The van der Waals surface area contributed by atoms with Crippen molar-refractivity contribution >= 4 is 0 Å². The van der Waals surface area contributed by atoms with Crippen molar-refractivity contribution in [1.82, 2.24) is 10.2 Å². The van der Waals surface area contributed by atoms with Crippen LogP contribution in [0.15, 0.2) is 36.5 Å². The Labute approximate surface area is 103 Å². The molecule has 0 saturated heterocycles. The zero-order chi connectivity index (χ0) is 12.8. The van der Waals surface area contributed by atoms with Crippen molar-refractivity contribution in [1.29, 1.82) is 0 Å². The molecular weight excluding hydrogens is 236 g/mol. The highest BCUT2D eigenvalue weighted by molar-refractivity contribution is 5.64. The summed E-state index contributed by atoms with van der Waals surface area (Å²) in [5, 5.41) is 6.79. The van der Waals surface area contributed by atoms with Gasteiger partial charge in [-0.05, 0) is 5.56 Å². The van der Waals surface area contributed by atoms with Gasteiger partial charge < -0.3 is 5.73 Å². The molecule has 0 aliphatic heterocycles. The van der Waals surface area contributed by atoms with Crippen LogP contribution in [0.3, 0.4) is 0 Å². The van der Waals surface area contributed by atoms with Crippen LogP contribution < -0.4 is 5.73 Å². The van der Waals surface area contributed by atoms with Crippen LogP contribution in [0.1, 0.15) is 18.4 Å². The number of alkyl halides is 2. The van der Waals surface area contributed by atoms with Gasteiger partial charge in [-0.1, -0.05) is 30.3 Å². The van der Waals surface area contributed by atoms with Gasteiger partial charge in [0.2, 0.25) is 0 Å². The third-order valence-electron chi connectivity index (χ3n) is 3.39. The molecule has 0 bridgehead atoms. The summed E-state index contributed by atoms with van der Waals surface area (Å²) in [6, 6.07) is 9.47. The number of aromatic nitrogens is 2. The van der Waals surface area contributed by atoms with Crippen LogP contribution in [0.25, 0.3) is 11.3 Å². The molecule has 0 spiro atoms. The monoisotopic (exact) mass is 249 g/mol. The van der Waals surface area contributed by atoms with Crippen molar-refractivity contribution in [3.05, 3.63) is 42.1 Å². The van der Waals surface area contributed by atoms with Crippen molar-refractivity contribution in [3.8, 4) is 11.3 Å². The summed E-state index contributed by atoms with van der Waals surface area (Å²) in [5.74, 6) is -2.65. The zero-order valence-corrected chi connectivity index (χ0v) is 9.66. The van der Waals surface area contributed by atoms with Gasteiger partial charge in [0.25, 0.3) is 5.92 Å². The number of benzene rings is 1. The van der Waals surface area contributed by atoms with Crippen LogP contribution in [-0.2, 0) is 5.54 Å². The predicted octanol–water partition coefficient (Wildman–Crippen LogP) is 2.66. The number of halogens is 2. The number of nitrogens with two attached hydrogens (primary N) is 1. The van der Waals surface area contributed by atoms with Gasteiger partial charge in [-0.15, -0.1) is 0 Å². The minimum absolute atomic E-state index is 0.320. The molecule has 0 atom stereocenters. The Morgan fingerprint density at radius 1 is 1.17 bits per heavy atom. The molecule has 3 N–H and O–H groups in total. The molecule has 94 valence electrons. The van der Waals surface area contributed by atoms with Gasteiger partial charge in [0.15, 0.2) is 0 Å². The van der Waals surface area contributed by atoms with Crippen LogP contribution >= 0.6 is 0 Å². The molecule has 1 aromatic heterocycles. The minimum atomic E-state index is -2.65. The molecule has 18 heavy (non-hydrogen) atoms. The summed E-state index contributed by atoms with van der Waals surface area (Å²) < 4.78 is 26.1. The third kappa shape index (κ3) is 1.71. The summed E-state index contributed by atoms with van der Waals surface area (Å²) in [6.45, 7) is 0. The molecule has 1 saturated carbocycles. The summed E-state index contributed by atoms with van der Waals surface area (Å²) in [4.78, 5) is 0. The summed E-state index contributed by atoms with van der Waals surface area (Å²) >= 11 is 0. The number of hydrogen-bond donors (Lipinski definition) is 2. The quantitative estimate of drug-likeness (QED) is 0.859. The summed E-state index contributed by atoms with van der Waals surface area (Å²) in [5.41, 5.74) is 7.38. The number of H-pyrrole nitrogens is 1. The highest BCUT2D eigenvalue weighted by Gasteiger charge is 2.56. The standard InChI is InChI=1S/C13H13F2N3/c14-13(15)7-12(16,8-13)10-6-17-18-11(10)9-4-2-1-3-5-9/h1-6H,7-8,16H2,(H,17,18). The van der Waals surface area contributed by atoms with Crippen molar-refractivity contribution in [3.63, 3.8) is 0 Å². The molecule has 1 fully saturated rings. The van der Waals surface area contributed by atoms with Gasteiger partial charge in [-0.25, -0.2) is 8.78 Å². The van der Waals surface area contributed by atoms with Crippen LogP contribution in [-0.4, -0.2) is 16.1 Å². The Hall–Kier alpha value is -1.75. The predicted molar refractivity (Wildman–Crippen MR) is 64.1 cm³/mol. The maximum Gasteiger partial charge on any atom is 0.252 e. The number of aromatic amines is 1. The van der Waals surface area contributed by atoms with E-state index in [0.717, 1.165) is 11.3 Å². The van der Waals surface area contributed by atoms with Crippen LogP contribution in [0.2, 0.25) is 0 Å². The molecule has 1 aromatic carbocycles. The fourth-order valence-electron chi connectivity index (χ4n) is 2.55. The fraction of sp³-hybridized carbons (Fsp3) is 0.308. The average molecular weight is 249 g/mol. The fourth-order valence-corrected chi connectivity index (χ4v) is 2.55. The maximum absolute atomic E-state index is 13.0. The van der Waals surface area contributed by atoms with Crippen LogP contribution in [0.5, 0.6) is 0 Å². The molecule has 1 heterocycles. The first-order chi connectivity index (χ1) is 8.50. The topological polar surface area (TPSA) is 54.7 Å². The molecule has 3 rings (SSSR count). The van der Waals surface area contributed by atoms with E-state index in [9.17, 15) is 8.78 Å². The molecule has 1 aliphatic rings. The number of nitrogens with one attached hydrogen (secondary N) is 1. The highest BCUT2D eigenvalue weighted by atomic mass is 19.3. The third-order valence-corrected chi connectivity index (χ3v) is 3.39. The highest BCUT2D eigenvalue weighted by Crippen LogP contribution is 2.51. The summed E-state index contributed by atoms with van der Waals surface area (Å²) in [6.07, 6.45) is 0.913. The Morgan fingerprint density at radius 2 is 1.83 bits per heavy atom. The Balaban J connectivity index is 1.99. The molecular formula is C13H13F2N3. The maximum atomic E-state index is 13.0. The second kappa shape index (κ2) is 3.62. The molecule has 0 amide bonds. The average Bonchev–Trinajstić information content (AvgIpc) is 2.76. The largest absolute Gasteiger partial charge is 0.321 e. The number of nitrogens with zero attached hydrogens (tertiary/aromatic N) is 1. The normalized spacial score (nSPS) is 20.4. The number of hydrogen-bond acceptors (Lipinski definition) is 2. The first kappa shape index (κ1) is 11.3. The van der Waals surface area contributed by atoms with Crippen LogP contribution in [0.4, 0.5) is 8.78 Å². The molecule has 3 nitrogen and oxygen atoms in total. The van der Waals surface area contributed by atoms with Gasteiger partial charge in [0, 0.05) is 18.4 Å². The van der Waals surface area contributed by atoms with E-state index in [0.29, 0.717) is 5.56 Å². The van der Waals surface area contributed by atoms with Crippen molar-refractivity contribution < 1.29 is 8.78 Å². The Bertz CT molecular complexity index is 555. The van der Waals surface area contributed by atoms with Gasteiger partial charge in [0.05, 0.1) is 17.4 Å². The lowest BCUT2D eigenvalue weighted by Gasteiger charge is -2.44. The molecule has 2 aromatic rings. The van der Waals surface area contributed by atoms with E-state index in [4.69, 9.17) is 5.73 Å². The van der Waals surface area contributed by atoms with Gasteiger partial charge in [0.1, 0.15) is 0 Å². The Morgan fingerprint density at radius 3 is 2.44 bits per heavy atom. The van der Waals surface area contributed by atoms with E-state index in [2.05, 4.69) is 10.2 Å². The van der Waals surface area contributed by atoms with E-state index in [1.54, 1.807) is 6.20 Å². The number of rotatable bonds is 2. The molecule has 0 unspecified atom stereocenters. The van der Waals surface area contributed by atoms with E-state index >= 15 is 0 Å². The van der Waals surface area contributed by atoms with E-state index < -0.39 is 11.5 Å². The second-order valence-corrected chi connectivity index (χ2v) is 4.89. The second-order valence-electron chi connectivity index (χ2n) is 4.89. The van der Waals surface area contributed by atoms with E-state index in [1.165, 1.54) is 0 Å². The molecule has 0 radical (unpaired) electrons. The van der Waals surface area contributed by atoms with Crippen LogP contribution in [0, 0.1) is 0 Å². The van der Waals surface area contributed by atoms with Crippen molar-refractivity contribution in [2.75, 3.05) is 0 Å². The Kier molecular flexibility index (Phi) is 2.28. The smallest absolute Gasteiger partial charge is 0.252 e. The van der Waals surface area contributed by atoms with Crippen molar-refractivity contribution in [2.24, 2.45) is 5.73 Å². The minimum Gasteiger partial charge on any atom is -0.321 e.